The minimum absolute atomic E-state index is 0.553. The zero-order valence-corrected chi connectivity index (χ0v) is 14.1. The fourth-order valence-electron chi connectivity index (χ4n) is 3.07. The van der Waals surface area contributed by atoms with Gasteiger partial charge in [-0.2, -0.15) is 0 Å². The molecule has 0 rings (SSSR count). The van der Waals surface area contributed by atoms with Crippen LogP contribution in [0.15, 0.2) is 0 Å². The van der Waals surface area contributed by atoms with Crippen LogP contribution in [0, 0.1) is 10.8 Å². The van der Waals surface area contributed by atoms with Crippen molar-refractivity contribution in [2.45, 2.75) is 85.5 Å². The Labute approximate surface area is 128 Å². The summed E-state index contributed by atoms with van der Waals surface area (Å²) in [6.07, 6.45) is 6.45. The van der Waals surface area contributed by atoms with Crippen molar-refractivity contribution in [3.63, 3.8) is 0 Å². The lowest BCUT2D eigenvalue weighted by atomic mass is 9.73. The molecule has 0 fully saturated rings. The first-order chi connectivity index (χ1) is 9.78. The number of aliphatic carboxylic acids is 2. The van der Waals surface area contributed by atoms with E-state index in [1.165, 1.54) is 0 Å². The molecular formula is C17H32O4. The lowest BCUT2D eigenvalue weighted by molar-refractivity contribution is -0.150. The van der Waals surface area contributed by atoms with Gasteiger partial charge in [-0.3, -0.25) is 9.59 Å². The third-order valence-corrected chi connectivity index (χ3v) is 4.84. The summed E-state index contributed by atoms with van der Waals surface area (Å²) in [4.78, 5) is 23.1. The van der Waals surface area contributed by atoms with Gasteiger partial charge < -0.3 is 10.2 Å². The van der Waals surface area contributed by atoms with Crippen LogP contribution in [0.1, 0.15) is 85.5 Å². The highest BCUT2D eigenvalue weighted by Gasteiger charge is 2.37. The van der Waals surface area contributed by atoms with E-state index in [1.54, 1.807) is 6.92 Å². The molecule has 0 aromatic heterocycles. The molecule has 0 saturated heterocycles. The van der Waals surface area contributed by atoms with E-state index in [9.17, 15) is 19.8 Å². The van der Waals surface area contributed by atoms with E-state index < -0.39 is 22.8 Å². The highest BCUT2D eigenvalue weighted by Crippen LogP contribution is 2.38. The molecule has 0 aliphatic heterocycles. The number of carboxylic acids is 2. The van der Waals surface area contributed by atoms with Crippen LogP contribution in [0.4, 0.5) is 0 Å². The molecule has 0 spiro atoms. The van der Waals surface area contributed by atoms with E-state index in [2.05, 4.69) is 6.92 Å². The van der Waals surface area contributed by atoms with Gasteiger partial charge in [0.25, 0.3) is 0 Å². The molecule has 2 N–H and O–H groups in total. The average molecular weight is 300 g/mol. The smallest absolute Gasteiger partial charge is 0.309 e. The van der Waals surface area contributed by atoms with Crippen LogP contribution in [-0.2, 0) is 9.59 Å². The van der Waals surface area contributed by atoms with Gasteiger partial charge in [-0.15, -0.1) is 0 Å². The molecule has 0 saturated carbocycles. The first-order valence-electron chi connectivity index (χ1n) is 8.24. The second-order valence-corrected chi connectivity index (χ2v) is 6.51. The lowest BCUT2D eigenvalue weighted by Gasteiger charge is -2.30. The molecule has 0 heterocycles. The van der Waals surface area contributed by atoms with Crippen LogP contribution in [-0.4, -0.2) is 22.2 Å². The minimum atomic E-state index is -0.768. The van der Waals surface area contributed by atoms with Crippen molar-refractivity contribution in [2.75, 3.05) is 0 Å². The van der Waals surface area contributed by atoms with Crippen LogP contribution in [0.5, 0.6) is 0 Å². The maximum Gasteiger partial charge on any atom is 0.309 e. The van der Waals surface area contributed by atoms with Crippen molar-refractivity contribution in [1.82, 2.24) is 0 Å². The second-order valence-electron chi connectivity index (χ2n) is 6.51. The molecule has 2 unspecified atom stereocenters. The van der Waals surface area contributed by atoms with Gasteiger partial charge in [0.2, 0.25) is 0 Å². The molecule has 0 aromatic carbocycles. The molecule has 0 aliphatic carbocycles. The van der Waals surface area contributed by atoms with Gasteiger partial charge in [0.15, 0.2) is 0 Å². The van der Waals surface area contributed by atoms with Gasteiger partial charge in [-0.1, -0.05) is 46.5 Å². The summed E-state index contributed by atoms with van der Waals surface area (Å²) in [5.74, 6) is -1.50. The Hall–Kier alpha value is -1.06. The van der Waals surface area contributed by atoms with Gasteiger partial charge in [0.1, 0.15) is 0 Å². The van der Waals surface area contributed by atoms with Crippen LogP contribution < -0.4 is 0 Å². The second kappa shape index (κ2) is 9.06. The Morgan fingerprint density at radius 2 is 1.38 bits per heavy atom. The normalized spacial score (nSPS) is 17.0. The predicted octanol–water partition coefficient (Wildman–Crippen LogP) is 4.72. The summed E-state index contributed by atoms with van der Waals surface area (Å²) in [6.45, 7) is 7.74. The van der Waals surface area contributed by atoms with Gasteiger partial charge >= 0.3 is 11.9 Å². The number of carboxylic acid groups (broad SMARTS) is 2. The van der Waals surface area contributed by atoms with Crippen LogP contribution in [0.3, 0.4) is 0 Å². The predicted molar refractivity (Wildman–Crippen MR) is 84.4 cm³/mol. The van der Waals surface area contributed by atoms with Crippen molar-refractivity contribution in [2.24, 2.45) is 10.8 Å². The van der Waals surface area contributed by atoms with E-state index in [1.807, 2.05) is 13.8 Å². The van der Waals surface area contributed by atoms with E-state index in [0.29, 0.717) is 38.5 Å². The average Bonchev–Trinajstić information content (AvgIpc) is 2.42. The first-order valence-corrected chi connectivity index (χ1v) is 8.24. The van der Waals surface area contributed by atoms with E-state index in [-0.39, 0.29) is 0 Å². The van der Waals surface area contributed by atoms with Crippen molar-refractivity contribution in [3.8, 4) is 0 Å². The Bertz CT molecular complexity index is 340. The van der Waals surface area contributed by atoms with Crippen LogP contribution in [0.2, 0.25) is 0 Å². The lowest BCUT2D eigenvalue weighted by Crippen LogP contribution is -2.32. The Morgan fingerprint density at radius 3 is 1.76 bits per heavy atom. The molecule has 2 atom stereocenters. The topological polar surface area (TPSA) is 74.6 Å². The molecule has 0 radical (unpaired) electrons. The van der Waals surface area contributed by atoms with Gasteiger partial charge in [0, 0.05) is 0 Å². The van der Waals surface area contributed by atoms with Gasteiger partial charge in [0.05, 0.1) is 10.8 Å². The maximum absolute atomic E-state index is 11.7. The third-order valence-electron chi connectivity index (χ3n) is 4.84. The highest BCUT2D eigenvalue weighted by molar-refractivity contribution is 5.75. The molecule has 0 aliphatic rings. The summed E-state index contributed by atoms with van der Waals surface area (Å²) >= 11 is 0. The molecule has 0 aromatic rings. The molecule has 4 heteroatoms. The zero-order chi connectivity index (χ0) is 16.5. The zero-order valence-electron chi connectivity index (χ0n) is 14.1. The quantitative estimate of drug-likeness (QED) is 0.547. The number of hydrogen-bond acceptors (Lipinski definition) is 2. The van der Waals surface area contributed by atoms with E-state index >= 15 is 0 Å². The summed E-state index contributed by atoms with van der Waals surface area (Å²) in [5, 5.41) is 19.0. The number of rotatable bonds is 12. The molecular weight excluding hydrogens is 268 g/mol. The standard InChI is InChI=1S/C17H32O4/c1-5-8-12-17(7-3,15(20)21)13-9-11-16(4,10-6-2)14(18)19/h5-13H2,1-4H3,(H,18,19)(H,20,21). The molecule has 0 amide bonds. The van der Waals surface area contributed by atoms with Crippen molar-refractivity contribution in [1.29, 1.82) is 0 Å². The fraction of sp³-hybridized carbons (Fsp3) is 0.882. The van der Waals surface area contributed by atoms with E-state index in [0.717, 1.165) is 19.3 Å². The summed E-state index contributed by atoms with van der Waals surface area (Å²) in [6, 6.07) is 0. The summed E-state index contributed by atoms with van der Waals surface area (Å²) in [7, 11) is 0. The van der Waals surface area contributed by atoms with Gasteiger partial charge in [-0.05, 0) is 39.0 Å². The Morgan fingerprint density at radius 1 is 0.810 bits per heavy atom. The first kappa shape index (κ1) is 19.9. The minimum Gasteiger partial charge on any atom is -0.481 e. The molecule has 4 nitrogen and oxygen atoms in total. The van der Waals surface area contributed by atoms with Gasteiger partial charge in [-0.25, -0.2) is 0 Å². The van der Waals surface area contributed by atoms with Crippen LogP contribution in [0.25, 0.3) is 0 Å². The molecule has 21 heavy (non-hydrogen) atoms. The number of carbonyl (C=O) groups is 2. The monoisotopic (exact) mass is 300 g/mol. The Kier molecular flexibility index (Phi) is 8.60. The summed E-state index contributed by atoms with van der Waals surface area (Å²) in [5.41, 5.74) is -1.40. The highest BCUT2D eigenvalue weighted by atomic mass is 16.4. The Balaban J connectivity index is 4.75. The number of hydrogen-bond donors (Lipinski definition) is 2. The SMILES string of the molecule is CCCCC(CC)(CCCC(C)(CCC)C(=O)O)C(=O)O. The number of unbranched alkanes of at least 4 members (excludes halogenated alkanes) is 1. The van der Waals surface area contributed by atoms with Crippen molar-refractivity contribution < 1.29 is 19.8 Å². The van der Waals surface area contributed by atoms with Crippen LogP contribution >= 0.6 is 0 Å². The van der Waals surface area contributed by atoms with Crippen molar-refractivity contribution >= 4 is 11.9 Å². The van der Waals surface area contributed by atoms with E-state index in [4.69, 9.17) is 0 Å². The molecule has 0 bridgehead atoms. The fourth-order valence-corrected chi connectivity index (χ4v) is 3.07. The third kappa shape index (κ3) is 5.68. The largest absolute Gasteiger partial charge is 0.481 e. The van der Waals surface area contributed by atoms with Crippen molar-refractivity contribution in [3.05, 3.63) is 0 Å². The molecule has 124 valence electrons. The maximum atomic E-state index is 11.7. The summed E-state index contributed by atoms with van der Waals surface area (Å²) < 4.78 is 0.